The molecule has 2 aromatic carbocycles. The molecule has 5 nitrogen and oxygen atoms in total. The number of benzene rings is 2. The minimum Gasteiger partial charge on any atom is -0.322 e. The molecule has 1 N–H and O–H groups in total. The molecule has 2 rings (SSSR count). The predicted molar refractivity (Wildman–Crippen MR) is 75.1 cm³/mol. The molecule has 0 bridgehead atoms. The molecule has 0 aliphatic heterocycles. The van der Waals surface area contributed by atoms with Crippen LogP contribution in [0.5, 0.6) is 0 Å². The SMILES string of the molecule is O=C(Nc1ccc([N+](=O)[O-])c(F)c1)c1c(F)cccc1Br. The molecule has 1 amide bonds. The first-order valence-electron chi connectivity index (χ1n) is 5.59. The number of carbonyl (C=O) groups excluding carboxylic acids is 1. The Morgan fingerprint density at radius 1 is 1.19 bits per heavy atom. The topological polar surface area (TPSA) is 72.2 Å². The van der Waals surface area contributed by atoms with Crippen molar-refractivity contribution in [1.82, 2.24) is 0 Å². The fraction of sp³-hybridized carbons (Fsp3) is 0. The minimum absolute atomic E-state index is 0.0155. The van der Waals surface area contributed by atoms with Crippen LogP contribution in [0.2, 0.25) is 0 Å². The van der Waals surface area contributed by atoms with Crippen LogP contribution in [0.25, 0.3) is 0 Å². The monoisotopic (exact) mass is 356 g/mol. The Morgan fingerprint density at radius 3 is 2.48 bits per heavy atom. The van der Waals surface area contributed by atoms with Crippen LogP contribution in [0.15, 0.2) is 40.9 Å². The van der Waals surface area contributed by atoms with E-state index in [4.69, 9.17) is 0 Å². The van der Waals surface area contributed by atoms with Gasteiger partial charge in [0, 0.05) is 22.3 Å². The number of nitrogens with one attached hydrogen (secondary N) is 1. The number of halogens is 3. The second-order valence-corrected chi connectivity index (χ2v) is 4.83. The minimum atomic E-state index is -1.09. The van der Waals surface area contributed by atoms with E-state index in [2.05, 4.69) is 21.2 Å². The highest BCUT2D eigenvalue weighted by Crippen LogP contribution is 2.24. The first kappa shape index (κ1) is 15.0. The Bertz CT molecular complexity index is 717. The van der Waals surface area contributed by atoms with E-state index in [1.165, 1.54) is 12.1 Å². The molecule has 108 valence electrons. The van der Waals surface area contributed by atoms with E-state index in [-0.39, 0.29) is 15.7 Å². The van der Waals surface area contributed by atoms with Crippen molar-refractivity contribution in [3.63, 3.8) is 0 Å². The van der Waals surface area contributed by atoms with E-state index in [0.717, 1.165) is 24.3 Å². The van der Waals surface area contributed by atoms with Crippen molar-refractivity contribution < 1.29 is 18.5 Å². The molecule has 0 saturated heterocycles. The highest BCUT2D eigenvalue weighted by Gasteiger charge is 2.18. The van der Waals surface area contributed by atoms with E-state index in [0.29, 0.717) is 0 Å². The molecule has 0 heterocycles. The summed E-state index contributed by atoms with van der Waals surface area (Å²) in [5, 5.41) is 12.8. The predicted octanol–water partition coefficient (Wildman–Crippen LogP) is 3.89. The van der Waals surface area contributed by atoms with Crippen molar-refractivity contribution in [2.45, 2.75) is 0 Å². The summed E-state index contributed by atoms with van der Waals surface area (Å²) in [7, 11) is 0. The molecular weight excluding hydrogens is 350 g/mol. The van der Waals surface area contributed by atoms with Crippen LogP contribution in [0.1, 0.15) is 10.4 Å². The fourth-order valence-electron chi connectivity index (χ4n) is 1.64. The van der Waals surface area contributed by atoms with Gasteiger partial charge in [-0.3, -0.25) is 14.9 Å². The molecule has 0 radical (unpaired) electrons. The van der Waals surface area contributed by atoms with E-state index in [1.807, 2.05) is 0 Å². The van der Waals surface area contributed by atoms with Crippen LogP contribution in [0.4, 0.5) is 20.2 Å². The van der Waals surface area contributed by atoms with Gasteiger partial charge in [0.15, 0.2) is 0 Å². The summed E-state index contributed by atoms with van der Waals surface area (Å²) in [4.78, 5) is 21.6. The summed E-state index contributed by atoms with van der Waals surface area (Å²) < 4.78 is 27.3. The highest BCUT2D eigenvalue weighted by atomic mass is 79.9. The summed E-state index contributed by atoms with van der Waals surface area (Å²) in [6, 6.07) is 6.88. The van der Waals surface area contributed by atoms with Gasteiger partial charge in [0.05, 0.1) is 10.5 Å². The second kappa shape index (κ2) is 5.96. The summed E-state index contributed by atoms with van der Waals surface area (Å²) in [6.07, 6.45) is 0. The Morgan fingerprint density at radius 2 is 1.90 bits per heavy atom. The third kappa shape index (κ3) is 3.22. The van der Waals surface area contributed by atoms with Crippen LogP contribution in [-0.2, 0) is 0 Å². The van der Waals surface area contributed by atoms with Gasteiger partial charge in [-0.15, -0.1) is 0 Å². The van der Waals surface area contributed by atoms with Crippen molar-refractivity contribution in [3.8, 4) is 0 Å². The van der Waals surface area contributed by atoms with Gasteiger partial charge < -0.3 is 5.32 Å². The smallest absolute Gasteiger partial charge is 0.304 e. The Labute approximate surface area is 125 Å². The largest absolute Gasteiger partial charge is 0.322 e. The van der Waals surface area contributed by atoms with Crippen molar-refractivity contribution in [2.75, 3.05) is 5.32 Å². The molecule has 0 fully saturated rings. The standard InChI is InChI=1S/C13H7BrF2N2O3/c14-8-2-1-3-9(15)12(8)13(19)17-7-4-5-11(18(20)21)10(16)6-7/h1-6H,(H,17,19). The summed E-state index contributed by atoms with van der Waals surface area (Å²) >= 11 is 3.04. The zero-order valence-corrected chi connectivity index (χ0v) is 11.9. The summed E-state index contributed by atoms with van der Waals surface area (Å²) in [5.74, 6) is -2.64. The molecule has 0 saturated carbocycles. The van der Waals surface area contributed by atoms with Gasteiger partial charge in [-0.2, -0.15) is 4.39 Å². The molecule has 8 heteroatoms. The molecule has 0 aromatic heterocycles. The molecular formula is C13H7BrF2N2O3. The van der Waals surface area contributed by atoms with Gasteiger partial charge in [0.1, 0.15) is 5.82 Å². The van der Waals surface area contributed by atoms with E-state index >= 15 is 0 Å². The number of hydrogen-bond donors (Lipinski definition) is 1. The summed E-state index contributed by atoms with van der Waals surface area (Å²) in [5.41, 5.74) is -0.963. The maximum absolute atomic E-state index is 13.6. The molecule has 2 aromatic rings. The number of nitro groups is 1. The molecule has 0 atom stereocenters. The van der Waals surface area contributed by atoms with Crippen LogP contribution in [0, 0.1) is 21.7 Å². The molecule has 0 aliphatic rings. The molecule has 0 aliphatic carbocycles. The first-order valence-corrected chi connectivity index (χ1v) is 6.38. The lowest BCUT2D eigenvalue weighted by Crippen LogP contribution is -2.14. The highest BCUT2D eigenvalue weighted by molar-refractivity contribution is 9.10. The maximum Gasteiger partial charge on any atom is 0.304 e. The van der Waals surface area contributed by atoms with Crippen molar-refractivity contribution in [2.24, 2.45) is 0 Å². The summed E-state index contributed by atoms with van der Waals surface area (Å²) in [6.45, 7) is 0. The van der Waals surface area contributed by atoms with Gasteiger partial charge in [0.2, 0.25) is 5.82 Å². The lowest BCUT2D eigenvalue weighted by atomic mass is 10.2. The van der Waals surface area contributed by atoms with Crippen molar-refractivity contribution in [1.29, 1.82) is 0 Å². The Kier molecular flexibility index (Phi) is 4.27. The number of carbonyl (C=O) groups is 1. The third-order valence-corrected chi connectivity index (χ3v) is 3.25. The number of anilines is 1. The van der Waals surface area contributed by atoms with Gasteiger partial charge in [-0.1, -0.05) is 6.07 Å². The fourth-order valence-corrected chi connectivity index (χ4v) is 2.16. The number of nitrogens with zero attached hydrogens (tertiary/aromatic N) is 1. The Balaban J connectivity index is 2.28. The van der Waals surface area contributed by atoms with Gasteiger partial charge in [-0.05, 0) is 34.1 Å². The third-order valence-electron chi connectivity index (χ3n) is 2.59. The quantitative estimate of drug-likeness (QED) is 0.669. The van der Waals surface area contributed by atoms with Crippen molar-refractivity contribution >= 4 is 33.2 Å². The van der Waals surface area contributed by atoms with Gasteiger partial charge in [-0.25, -0.2) is 4.39 Å². The lowest BCUT2D eigenvalue weighted by molar-refractivity contribution is -0.387. The zero-order valence-electron chi connectivity index (χ0n) is 10.3. The van der Waals surface area contributed by atoms with E-state index < -0.39 is 28.2 Å². The second-order valence-electron chi connectivity index (χ2n) is 3.97. The van der Waals surface area contributed by atoms with Crippen LogP contribution in [0.3, 0.4) is 0 Å². The average molecular weight is 357 g/mol. The average Bonchev–Trinajstić information content (AvgIpc) is 2.37. The van der Waals surface area contributed by atoms with Gasteiger partial charge in [0.25, 0.3) is 5.91 Å². The number of nitro benzene ring substituents is 1. The van der Waals surface area contributed by atoms with Gasteiger partial charge >= 0.3 is 5.69 Å². The van der Waals surface area contributed by atoms with E-state index in [9.17, 15) is 23.7 Å². The van der Waals surface area contributed by atoms with Crippen molar-refractivity contribution in [3.05, 3.63) is 68.2 Å². The lowest BCUT2D eigenvalue weighted by Gasteiger charge is -2.08. The van der Waals surface area contributed by atoms with E-state index in [1.54, 1.807) is 0 Å². The Hall–Kier alpha value is -2.35. The normalized spacial score (nSPS) is 10.2. The zero-order chi connectivity index (χ0) is 15.6. The maximum atomic E-state index is 13.6. The first-order chi connectivity index (χ1) is 9.90. The van der Waals surface area contributed by atoms with Crippen LogP contribution >= 0.6 is 15.9 Å². The van der Waals surface area contributed by atoms with Crippen LogP contribution in [-0.4, -0.2) is 10.8 Å². The van der Waals surface area contributed by atoms with Crippen LogP contribution < -0.4 is 5.32 Å². The molecule has 21 heavy (non-hydrogen) atoms. The number of amides is 1. The number of hydrogen-bond acceptors (Lipinski definition) is 3. The molecule has 0 spiro atoms. The number of rotatable bonds is 3. The molecule has 0 unspecified atom stereocenters.